The molecule has 1 aromatic heterocycles. The molecule has 10 atom stereocenters. The average molecular weight is 941 g/mol. The second-order valence-corrected chi connectivity index (χ2v) is 18.8. The highest BCUT2D eigenvalue weighted by Crippen LogP contribution is 2.42. The zero-order chi connectivity index (χ0) is 49.7. The van der Waals surface area contributed by atoms with Gasteiger partial charge in [-0.05, 0) is 33.3 Å². The number of ether oxygens (including phenoxy) is 4. The standard InChI is InChI=1S/C51H64N4O13/c1-12-26(4)54-17-19-55(20-18-54)32-22-33(57)39-35(23-32)67-48-40(52-39)36-37-44(60)30(8)47-38(36)49(62)51(10,68-47)65-21-16-34(64-11)27(5)46(66-31(9)56)29(7)43(59)28(6)42(58)24(2)14-13-15-25(3)50(63)53-41(48)45(37)61/h13-16,21-24,26-29,34,42-43,46,58-60,62H,12,17-20H2,1-11H3,(H,53,63)/b14-13-,21-16-,25-15-/t24-,26+,27+,28+,29+,34-,42-,43+,46+,51-/m0/s1. The van der Waals surface area contributed by atoms with Gasteiger partial charge in [-0.3, -0.25) is 24.1 Å². The van der Waals surface area contributed by atoms with Gasteiger partial charge in [0.25, 0.3) is 5.91 Å². The molecule has 17 heteroatoms. The lowest BCUT2D eigenvalue weighted by Gasteiger charge is -2.38. The van der Waals surface area contributed by atoms with E-state index < -0.39 is 88.1 Å². The summed E-state index contributed by atoms with van der Waals surface area (Å²) in [6, 6.07) is 3.57. The number of amides is 1. The first-order valence-corrected chi connectivity index (χ1v) is 23.3. The molecule has 366 valence electrons. The highest BCUT2D eigenvalue weighted by molar-refractivity contribution is 6.16. The fourth-order valence-corrected chi connectivity index (χ4v) is 9.74. The number of anilines is 2. The van der Waals surface area contributed by atoms with E-state index in [0.717, 1.165) is 19.5 Å². The van der Waals surface area contributed by atoms with Gasteiger partial charge in [0.05, 0.1) is 35.2 Å². The highest BCUT2D eigenvalue weighted by atomic mass is 16.7. The van der Waals surface area contributed by atoms with E-state index in [1.54, 1.807) is 45.9 Å². The van der Waals surface area contributed by atoms with Crippen LogP contribution in [0.3, 0.4) is 0 Å². The normalized spacial score (nSPS) is 29.9. The number of hydrogen-bond acceptors (Lipinski definition) is 16. The molecule has 3 aliphatic rings. The van der Waals surface area contributed by atoms with Crippen LogP contribution in [-0.4, -0.2) is 112 Å². The van der Waals surface area contributed by atoms with E-state index in [2.05, 4.69) is 29.0 Å². The molecule has 7 rings (SSSR count). The minimum absolute atomic E-state index is 0.0388. The van der Waals surface area contributed by atoms with Crippen molar-refractivity contribution in [3.63, 3.8) is 0 Å². The van der Waals surface area contributed by atoms with Gasteiger partial charge in [0, 0.05) is 111 Å². The van der Waals surface area contributed by atoms with Crippen molar-refractivity contribution in [2.45, 2.75) is 112 Å². The maximum atomic E-state index is 14.9. The summed E-state index contributed by atoms with van der Waals surface area (Å²) in [4.78, 5) is 64.7. The molecule has 0 aliphatic carbocycles. The summed E-state index contributed by atoms with van der Waals surface area (Å²) in [6.07, 6.45) is 4.58. The first-order valence-electron chi connectivity index (χ1n) is 23.3. The number of aromatic hydroxyl groups is 1. The van der Waals surface area contributed by atoms with E-state index in [4.69, 9.17) is 28.3 Å². The number of nitrogens with zero attached hydrogens (tertiary/aromatic N) is 3. The lowest BCUT2D eigenvalue weighted by molar-refractivity contribution is -0.160. The van der Waals surface area contributed by atoms with Gasteiger partial charge in [-0.2, -0.15) is 0 Å². The Bertz CT molecular complexity index is 2900. The molecule has 3 aliphatic heterocycles. The molecule has 0 unspecified atom stereocenters. The van der Waals surface area contributed by atoms with Crippen LogP contribution in [0.4, 0.5) is 11.4 Å². The minimum Gasteiger partial charge on any atom is -0.507 e. The third-order valence-corrected chi connectivity index (χ3v) is 14.3. The summed E-state index contributed by atoms with van der Waals surface area (Å²) < 4.78 is 30.6. The number of hydrogen-bond donors (Lipinski definition) is 5. The van der Waals surface area contributed by atoms with Crippen LogP contribution in [0.5, 0.6) is 11.5 Å². The molecule has 0 radical (unpaired) electrons. The molecule has 1 saturated heterocycles. The number of nitrogens with one attached hydrogen (secondary N) is 1. The van der Waals surface area contributed by atoms with Gasteiger partial charge in [-0.15, -0.1) is 0 Å². The van der Waals surface area contributed by atoms with Gasteiger partial charge in [0.15, 0.2) is 22.4 Å². The van der Waals surface area contributed by atoms with Crippen LogP contribution in [0, 0.1) is 30.6 Å². The number of aromatic nitrogens is 1. The van der Waals surface area contributed by atoms with Crippen LogP contribution in [0.2, 0.25) is 0 Å². The molecule has 1 fully saturated rings. The molecule has 4 aromatic rings. The van der Waals surface area contributed by atoms with E-state index in [-0.39, 0.29) is 60.8 Å². The number of piperazine rings is 1. The average Bonchev–Trinajstić information content (AvgIpc) is 3.58. The predicted molar refractivity (Wildman–Crippen MR) is 259 cm³/mol. The highest BCUT2D eigenvalue weighted by Gasteiger charge is 2.44. The first-order chi connectivity index (χ1) is 32.1. The van der Waals surface area contributed by atoms with Crippen molar-refractivity contribution < 1.29 is 53.4 Å². The van der Waals surface area contributed by atoms with Crippen molar-refractivity contribution in [1.82, 2.24) is 9.88 Å². The van der Waals surface area contributed by atoms with Crippen LogP contribution in [0.25, 0.3) is 38.7 Å². The Hall–Kier alpha value is -6.01. The molecule has 5 N–H and O–H groups in total. The SMILES string of the molecule is CC[C@@H](C)N1CCN(c2cc(=O)c3nc4c(oc3c2)c2c(=O)c3c(O)c(C)c5c(c34)=C(O)[C@@](C)(O/C=C\[C@H](OC)[C@@H](C)[C@@H](OC(C)=O)[C@H](C)[C@H](O)[C@H](C)[C@@H](O)[C@@H](C)/C=C\C=C(\C)C(=O)N2)O5)CC1. The lowest BCUT2D eigenvalue weighted by atomic mass is 9.78. The number of rotatable bonds is 5. The number of esters is 1. The topological polar surface area (TPSA) is 231 Å². The molecule has 4 heterocycles. The summed E-state index contributed by atoms with van der Waals surface area (Å²) in [5, 5.41) is 49.3. The van der Waals surface area contributed by atoms with Crippen molar-refractivity contribution in [3.8, 4) is 11.5 Å². The van der Waals surface area contributed by atoms with Crippen molar-refractivity contribution in [2.75, 3.05) is 43.5 Å². The molecule has 3 aromatic carbocycles. The smallest absolute Gasteiger partial charge is 0.307 e. The summed E-state index contributed by atoms with van der Waals surface area (Å²) in [6.45, 7) is 19.8. The summed E-state index contributed by atoms with van der Waals surface area (Å²) >= 11 is 0. The van der Waals surface area contributed by atoms with E-state index in [1.807, 2.05) is 0 Å². The maximum Gasteiger partial charge on any atom is 0.307 e. The molecular weight excluding hydrogens is 877 g/mol. The largest absolute Gasteiger partial charge is 0.507 e. The summed E-state index contributed by atoms with van der Waals surface area (Å²) in [7, 11) is 1.45. The monoisotopic (exact) mass is 940 g/mol. The van der Waals surface area contributed by atoms with Crippen LogP contribution in [-0.2, 0) is 23.8 Å². The molecule has 17 nitrogen and oxygen atoms in total. The summed E-state index contributed by atoms with van der Waals surface area (Å²) in [5.74, 6) is -6.93. The Labute approximate surface area is 394 Å². The second kappa shape index (κ2) is 19.5. The number of carbonyl (C=O) groups is 2. The predicted octanol–water partition coefficient (Wildman–Crippen LogP) is 5.48. The van der Waals surface area contributed by atoms with E-state index in [0.29, 0.717) is 24.8 Å². The van der Waals surface area contributed by atoms with Crippen molar-refractivity contribution in [3.05, 3.63) is 79.5 Å². The Morgan fingerprint density at radius 2 is 1.66 bits per heavy atom. The third kappa shape index (κ3) is 9.04. The molecule has 0 spiro atoms. The van der Waals surface area contributed by atoms with Crippen molar-refractivity contribution >= 4 is 62.0 Å². The number of carbonyl (C=O) groups excluding carboxylic acids is 2. The summed E-state index contributed by atoms with van der Waals surface area (Å²) in [5.41, 5.74) is -1.35. The number of benzene rings is 3. The van der Waals surface area contributed by atoms with Gasteiger partial charge in [0.1, 0.15) is 28.8 Å². The van der Waals surface area contributed by atoms with Gasteiger partial charge < -0.3 is 54.0 Å². The van der Waals surface area contributed by atoms with Gasteiger partial charge in [0.2, 0.25) is 10.9 Å². The quantitative estimate of drug-likeness (QED) is 0.0948. The van der Waals surface area contributed by atoms with E-state index >= 15 is 0 Å². The zero-order valence-corrected chi connectivity index (χ0v) is 40.6. The van der Waals surface area contributed by atoms with Gasteiger partial charge in [-0.1, -0.05) is 52.8 Å². The molecule has 5 bridgehead atoms. The zero-order valence-electron chi connectivity index (χ0n) is 40.6. The van der Waals surface area contributed by atoms with Crippen LogP contribution in [0.15, 0.2) is 62.3 Å². The van der Waals surface area contributed by atoms with Gasteiger partial charge in [-0.25, -0.2) is 4.98 Å². The lowest BCUT2D eigenvalue weighted by Crippen LogP contribution is -2.49. The maximum absolute atomic E-state index is 14.9. The number of phenolic OH excluding ortho intramolecular Hbond substituents is 1. The van der Waals surface area contributed by atoms with Crippen molar-refractivity contribution in [2.24, 2.45) is 23.7 Å². The second-order valence-electron chi connectivity index (χ2n) is 18.8. The fourth-order valence-electron chi connectivity index (χ4n) is 9.74. The van der Waals surface area contributed by atoms with Crippen LogP contribution < -0.4 is 31.0 Å². The Balaban J connectivity index is 1.46. The minimum atomic E-state index is -1.98. The number of methoxy groups -OCH3 is 1. The Morgan fingerprint density at radius 1 is 0.971 bits per heavy atom. The Kier molecular flexibility index (Phi) is 14.3. The van der Waals surface area contributed by atoms with E-state index in [9.17, 15) is 39.6 Å². The van der Waals surface area contributed by atoms with Gasteiger partial charge >= 0.3 is 11.8 Å². The molecule has 68 heavy (non-hydrogen) atoms. The molecular formula is C51H64N4O13. The van der Waals surface area contributed by atoms with E-state index in [1.165, 1.54) is 59.3 Å². The molecule has 0 saturated carbocycles. The Morgan fingerprint density at radius 3 is 2.31 bits per heavy atom. The number of allylic oxidation sites excluding steroid dienone is 2. The molecule has 1 amide bonds. The van der Waals surface area contributed by atoms with Crippen LogP contribution in [0.1, 0.15) is 74.3 Å². The van der Waals surface area contributed by atoms with Crippen LogP contribution >= 0.6 is 0 Å². The third-order valence-electron chi connectivity index (χ3n) is 14.3. The number of phenols is 1. The fraction of sp³-hybridized carbons (Fsp3) is 0.510. The first kappa shape index (κ1) is 49.9. The number of aliphatic hydroxyl groups is 3. The van der Waals surface area contributed by atoms with Crippen molar-refractivity contribution in [1.29, 1.82) is 0 Å². The number of aliphatic hydroxyl groups excluding tert-OH is 3. The number of fused-ring (bicyclic) bond motifs is 5.